The monoisotopic (exact) mass is 297 g/mol. The summed E-state index contributed by atoms with van der Waals surface area (Å²) in [6.45, 7) is 0. The summed E-state index contributed by atoms with van der Waals surface area (Å²) in [6.07, 6.45) is -3.26. The Morgan fingerprint density at radius 2 is 1.76 bits per heavy atom. The molecule has 7 heteroatoms. The van der Waals surface area contributed by atoms with E-state index in [1.54, 1.807) is 0 Å². The van der Waals surface area contributed by atoms with Crippen LogP contribution in [0.2, 0.25) is 0 Å². The van der Waals surface area contributed by atoms with E-state index in [4.69, 9.17) is 5.11 Å². The van der Waals surface area contributed by atoms with E-state index in [1.165, 1.54) is 24.4 Å². The molecule has 0 spiro atoms. The zero-order valence-corrected chi connectivity index (χ0v) is 10.6. The highest BCUT2D eigenvalue weighted by molar-refractivity contribution is 5.99. The zero-order chi connectivity index (χ0) is 15.6. The van der Waals surface area contributed by atoms with Crippen molar-refractivity contribution in [3.63, 3.8) is 0 Å². The SMILES string of the molecule is O=C(Cc1ccc(C(F)(F)F)cc1)c1c[nH]c(C(=O)O)c1. The standard InChI is InChI=1S/C14H10F3NO3/c15-14(16,17)10-3-1-8(2-4-10)5-12(19)9-6-11(13(20)21)18-7-9/h1-4,6-7,18H,5H2,(H,20,21). The molecule has 1 heterocycles. The number of hydrogen-bond donors (Lipinski definition) is 2. The van der Waals surface area contributed by atoms with E-state index in [9.17, 15) is 22.8 Å². The molecular formula is C14H10F3NO3. The van der Waals surface area contributed by atoms with Crippen LogP contribution in [0, 0.1) is 0 Å². The second-order valence-electron chi connectivity index (χ2n) is 4.40. The van der Waals surface area contributed by atoms with Crippen molar-refractivity contribution >= 4 is 11.8 Å². The van der Waals surface area contributed by atoms with Crippen molar-refractivity contribution in [1.29, 1.82) is 0 Å². The Bertz CT molecular complexity index is 672. The number of carboxylic acids is 1. The molecule has 0 saturated carbocycles. The summed E-state index contributed by atoms with van der Waals surface area (Å²) in [5.74, 6) is -1.57. The first-order valence-electron chi connectivity index (χ1n) is 5.88. The number of benzene rings is 1. The number of carbonyl (C=O) groups is 2. The number of hydrogen-bond acceptors (Lipinski definition) is 2. The van der Waals surface area contributed by atoms with Gasteiger partial charge in [-0.25, -0.2) is 4.79 Å². The summed E-state index contributed by atoms with van der Waals surface area (Å²) in [4.78, 5) is 25.0. The molecule has 0 aliphatic carbocycles. The minimum Gasteiger partial charge on any atom is -0.477 e. The molecular weight excluding hydrogens is 287 g/mol. The van der Waals surface area contributed by atoms with Gasteiger partial charge in [-0.1, -0.05) is 12.1 Å². The summed E-state index contributed by atoms with van der Waals surface area (Å²) in [5, 5.41) is 8.73. The van der Waals surface area contributed by atoms with E-state index in [0.717, 1.165) is 12.1 Å². The third-order valence-corrected chi connectivity index (χ3v) is 2.88. The molecule has 2 rings (SSSR count). The molecule has 0 aliphatic rings. The minimum atomic E-state index is -4.42. The van der Waals surface area contributed by atoms with Gasteiger partial charge in [0.1, 0.15) is 5.69 Å². The van der Waals surface area contributed by atoms with Crippen molar-refractivity contribution in [2.24, 2.45) is 0 Å². The quantitative estimate of drug-likeness (QED) is 0.852. The van der Waals surface area contributed by atoms with Crippen LogP contribution in [-0.2, 0) is 12.6 Å². The maximum Gasteiger partial charge on any atom is 0.416 e. The molecule has 4 nitrogen and oxygen atoms in total. The van der Waals surface area contributed by atoms with Crippen LogP contribution in [0.15, 0.2) is 36.5 Å². The molecule has 1 aromatic carbocycles. The smallest absolute Gasteiger partial charge is 0.416 e. The highest BCUT2D eigenvalue weighted by Crippen LogP contribution is 2.29. The molecule has 0 amide bonds. The van der Waals surface area contributed by atoms with Crippen LogP contribution in [0.1, 0.15) is 32.0 Å². The number of H-pyrrole nitrogens is 1. The number of Topliss-reactive ketones (excluding diaryl/α,β-unsaturated/α-hetero) is 1. The fourth-order valence-corrected chi connectivity index (χ4v) is 1.78. The van der Waals surface area contributed by atoms with Gasteiger partial charge < -0.3 is 10.1 Å². The number of aromatic nitrogens is 1. The Hall–Kier alpha value is -2.57. The number of nitrogens with one attached hydrogen (secondary N) is 1. The van der Waals surface area contributed by atoms with Gasteiger partial charge in [-0.05, 0) is 23.8 Å². The lowest BCUT2D eigenvalue weighted by Gasteiger charge is -2.07. The predicted molar refractivity (Wildman–Crippen MR) is 67.2 cm³/mol. The van der Waals surface area contributed by atoms with Gasteiger partial charge >= 0.3 is 12.1 Å². The normalized spacial score (nSPS) is 11.4. The number of aromatic amines is 1. The van der Waals surface area contributed by atoms with Crippen molar-refractivity contribution in [3.05, 3.63) is 58.9 Å². The maximum absolute atomic E-state index is 12.4. The third kappa shape index (κ3) is 3.50. The number of carbonyl (C=O) groups excluding carboxylic acids is 1. The van der Waals surface area contributed by atoms with Gasteiger partial charge in [0.25, 0.3) is 0 Å². The van der Waals surface area contributed by atoms with Crippen LogP contribution in [-0.4, -0.2) is 21.8 Å². The van der Waals surface area contributed by atoms with Crippen LogP contribution in [0.3, 0.4) is 0 Å². The second kappa shape index (κ2) is 5.43. The molecule has 0 radical (unpaired) electrons. The van der Waals surface area contributed by atoms with Crippen molar-refractivity contribution < 1.29 is 27.9 Å². The van der Waals surface area contributed by atoms with Gasteiger partial charge in [0.15, 0.2) is 5.78 Å². The molecule has 0 unspecified atom stereocenters. The lowest BCUT2D eigenvalue weighted by Crippen LogP contribution is -2.06. The van der Waals surface area contributed by atoms with Gasteiger partial charge in [-0.15, -0.1) is 0 Å². The summed E-state index contributed by atoms with van der Waals surface area (Å²) >= 11 is 0. The molecule has 1 aromatic heterocycles. The number of alkyl halides is 3. The van der Waals surface area contributed by atoms with Crippen LogP contribution < -0.4 is 0 Å². The Labute approximate surface area is 117 Å². The Balaban J connectivity index is 2.10. The Morgan fingerprint density at radius 3 is 2.24 bits per heavy atom. The van der Waals surface area contributed by atoms with E-state index >= 15 is 0 Å². The molecule has 0 saturated heterocycles. The van der Waals surface area contributed by atoms with Gasteiger partial charge in [-0.2, -0.15) is 13.2 Å². The van der Waals surface area contributed by atoms with Gasteiger partial charge in [0.2, 0.25) is 0 Å². The van der Waals surface area contributed by atoms with E-state index in [-0.39, 0.29) is 23.5 Å². The van der Waals surface area contributed by atoms with E-state index in [0.29, 0.717) is 5.56 Å². The zero-order valence-electron chi connectivity index (χ0n) is 10.6. The average molecular weight is 297 g/mol. The molecule has 21 heavy (non-hydrogen) atoms. The fraction of sp³-hybridized carbons (Fsp3) is 0.143. The maximum atomic E-state index is 12.4. The van der Waals surface area contributed by atoms with Crippen molar-refractivity contribution in [2.75, 3.05) is 0 Å². The molecule has 0 bridgehead atoms. The van der Waals surface area contributed by atoms with E-state index in [1.807, 2.05) is 0 Å². The van der Waals surface area contributed by atoms with E-state index in [2.05, 4.69) is 4.98 Å². The van der Waals surface area contributed by atoms with Gasteiger partial charge in [-0.3, -0.25) is 4.79 Å². The van der Waals surface area contributed by atoms with Crippen molar-refractivity contribution in [1.82, 2.24) is 4.98 Å². The summed E-state index contributed by atoms with van der Waals surface area (Å²) in [6, 6.07) is 5.45. The lowest BCUT2D eigenvalue weighted by atomic mass is 10.0. The summed E-state index contributed by atoms with van der Waals surface area (Å²) < 4.78 is 37.2. The first-order chi connectivity index (χ1) is 9.77. The average Bonchev–Trinajstić information content (AvgIpc) is 2.88. The molecule has 0 fully saturated rings. The van der Waals surface area contributed by atoms with Gasteiger partial charge in [0, 0.05) is 18.2 Å². The lowest BCUT2D eigenvalue weighted by molar-refractivity contribution is -0.137. The molecule has 2 aromatic rings. The molecule has 2 N–H and O–H groups in total. The summed E-state index contributed by atoms with van der Waals surface area (Å²) in [5.41, 5.74) is -0.308. The largest absolute Gasteiger partial charge is 0.477 e. The second-order valence-corrected chi connectivity index (χ2v) is 4.40. The topological polar surface area (TPSA) is 70.2 Å². The predicted octanol–water partition coefficient (Wildman–Crippen LogP) is 3.16. The van der Waals surface area contributed by atoms with Crippen molar-refractivity contribution in [3.8, 4) is 0 Å². The number of rotatable bonds is 4. The number of aromatic carboxylic acids is 1. The Kier molecular flexibility index (Phi) is 3.84. The minimum absolute atomic E-state index is 0.102. The molecule has 110 valence electrons. The molecule has 0 atom stereocenters. The van der Waals surface area contributed by atoms with Crippen molar-refractivity contribution in [2.45, 2.75) is 12.6 Å². The first kappa shape index (κ1) is 14.8. The highest BCUT2D eigenvalue weighted by Gasteiger charge is 2.30. The number of halogens is 3. The highest BCUT2D eigenvalue weighted by atomic mass is 19.4. The first-order valence-corrected chi connectivity index (χ1v) is 5.88. The molecule has 0 aliphatic heterocycles. The van der Waals surface area contributed by atoms with Crippen LogP contribution in [0.5, 0.6) is 0 Å². The Morgan fingerprint density at radius 1 is 1.14 bits per heavy atom. The fourth-order valence-electron chi connectivity index (χ4n) is 1.78. The third-order valence-electron chi connectivity index (χ3n) is 2.88. The van der Waals surface area contributed by atoms with E-state index < -0.39 is 17.7 Å². The van der Waals surface area contributed by atoms with Crippen LogP contribution in [0.25, 0.3) is 0 Å². The van der Waals surface area contributed by atoms with Gasteiger partial charge in [0.05, 0.1) is 5.56 Å². The summed E-state index contributed by atoms with van der Waals surface area (Å²) in [7, 11) is 0. The number of ketones is 1. The van der Waals surface area contributed by atoms with Crippen LogP contribution >= 0.6 is 0 Å². The number of carboxylic acid groups (broad SMARTS) is 1. The van der Waals surface area contributed by atoms with Crippen LogP contribution in [0.4, 0.5) is 13.2 Å².